The predicted octanol–water partition coefficient (Wildman–Crippen LogP) is 2.01. The van der Waals surface area contributed by atoms with Crippen molar-refractivity contribution in [1.82, 2.24) is 20.2 Å². The monoisotopic (exact) mass is 435 g/mol. The second kappa shape index (κ2) is 8.71. The van der Waals surface area contributed by atoms with E-state index >= 15 is 0 Å². The van der Waals surface area contributed by atoms with Crippen LogP contribution in [0.15, 0.2) is 24.4 Å². The Morgan fingerprint density at radius 2 is 2.20 bits per heavy atom. The Bertz CT molecular complexity index is 941. The highest BCUT2D eigenvalue weighted by Crippen LogP contribution is 2.25. The van der Waals surface area contributed by atoms with Crippen molar-refractivity contribution in [1.29, 1.82) is 0 Å². The predicted molar refractivity (Wildman–Crippen MR) is 109 cm³/mol. The standard InChI is InChI=1S/C20H23ClFN5O3/c21-15-2-1-11(5-16(15)22)18(10-28)26-20(30)27-4-3-12-8-23-19(25-17(12)9-27)24-13-6-14(29)7-13/h1-2,5,8,13-14,18,28-29H,3-4,6-7,9-10H2,(H,26,30)(H,23,24,25). The van der Waals surface area contributed by atoms with Crippen LogP contribution in [0.1, 0.15) is 35.7 Å². The van der Waals surface area contributed by atoms with Crippen LogP contribution in [0.4, 0.5) is 15.1 Å². The Morgan fingerprint density at radius 1 is 1.40 bits per heavy atom. The number of carbonyl (C=O) groups excluding carboxylic acids is 1. The maximum Gasteiger partial charge on any atom is 0.318 e. The zero-order valence-corrected chi connectivity index (χ0v) is 16.9. The number of halogens is 2. The summed E-state index contributed by atoms with van der Waals surface area (Å²) >= 11 is 5.71. The summed E-state index contributed by atoms with van der Waals surface area (Å²) in [5.74, 6) is -0.123. The number of aliphatic hydroxyl groups excluding tert-OH is 2. The van der Waals surface area contributed by atoms with Crippen molar-refractivity contribution in [3.63, 3.8) is 0 Å². The molecule has 0 spiro atoms. The van der Waals surface area contributed by atoms with E-state index in [1.165, 1.54) is 12.1 Å². The molecular formula is C20H23ClFN5O3. The average molecular weight is 436 g/mol. The minimum Gasteiger partial charge on any atom is -0.394 e. The van der Waals surface area contributed by atoms with Crippen molar-refractivity contribution >= 4 is 23.6 Å². The first-order valence-corrected chi connectivity index (χ1v) is 10.2. The number of aliphatic hydroxyl groups is 2. The highest BCUT2D eigenvalue weighted by atomic mass is 35.5. The maximum atomic E-state index is 13.7. The first kappa shape index (κ1) is 20.8. The lowest BCUT2D eigenvalue weighted by atomic mass is 9.90. The van der Waals surface area contributed by atoms with Crippen molar-refractivity contribution in [2.45, 2.75) is 44.0 Å². The van der Waals surface area contributed by atoms with E-state index in [2.05, 4.69) is 20.6 Å². The number of nitrogens with zero attached hydrogens (tertiary/aromatic N) is 3. The summed E-state index contributed by atoms with van der Waals surface area (Å²) in [6.45, 7) is 0.413. The fourth-order valence-electron chi connectivity index (χ4n) is 3.64. The second-order valence-electron chi connectivity index (χ2n) is 7.66. The van der Waals surface area contributed by atoms with Gasteiger partial charge in [-0.3, -0.25) is 0 Å². The Morgan fingerprint density at radius 3 is 2.90 bits per heavy atom. The molecule has 8 nitrogen and oxygen atoms in total. The fraction of sp³-hybridized carbons (Fsp3) is 0.450. The number of hydrogen-bond acceptors (Lipinski definition) is 6. The van der Waals surface area contributed by atoms with Gasteiger partial charge in [0.15, 0.2) is 0 Å². The molecule has 4 N–H and O–H groups in total. The molecule has 1 fully saturated rings. The quantitative estimate of drug-likeness (QED) is 0.571. The summed E-state index contributed by atoms with van der Waals surface area (Å²) in [6, 6.07) is 3.21. The lowest BCUT2D eigenvalue weighted by Gasteiger charge is -2.33. The van der Waals surface area contributed by atoms with Gasteiger partial charge in [-0.2, -0.15) is 0 Å². The third-order valence-electron chi connectivity index (χ3n) is 5.51. The SMILES string of the molecule is O=C(NC(CO)c1ccc(Cl)c(F)c1)N1CCc2cnc(NC3CC(O)C3)nc2C1. The number of benzene rings is 1. The normalized spacial score (nSPS) is 21.4. The van der Waals surface area contributed by atoms with Crippen molar-refractivity contribution in [2.75, 3.05) is 18.5 Å². The summed E-state index contributed by atoms with van der Waals surface area (Å²) in [5, 5.41) is 25.0. The first-order chi connectivity index (χ1) is 14.4. The minimum atomic E-state index is -0.752. The van der Waals surface area contributed by atoms with E-state index in [0.717, 1.165) is 11.3 Å². The van der Waals surface area contributed by atoms with Crippen molar-refractivity contribution in [2.24, 2.45) is 0 Å². The fourth-order valence-corrected chi connectivity index (χ4v) is 3.76. The van der Waals surface area contributed by atoms with Crippen LogP contribution < -0.4 is 10.6 Å². The van der Waals surface area contributed by atoms with Gasteiger partial charge in [-0.1, -0.05) is 17.7 Å². The highest BCUT2D eigenvalue weighted by Gasteiger charge is 2.29. The Kier molecular flexibility index (Phi) is 6.03. The van der Waals surface area contributed by atoms with Crippen LogP contribution in [0.5, 0.6) is 0 Å². The van der Waals surface area contributed by atoms with E-state index in [1.54, 1.807) is 17.2 Å². The summed E-state index contributed by atoms with van der Waals surface area (Å²) < 4.78 is 13.7. The smallest absolute Gasteiger partial charge is 0.318 e. The van der Waals surface area contributed by atoms with Crippen LogP contribution >= 0.6 is 11.6 Å². The number of nitrogens with one attached hydrogen (secondary N) is 2. The lowest BCUT2D eigenvalue weighted by Crippen LogP contribution is -2.45. The third kappa shape index (κ3) is 4.48. The number of aromatic nitrogens is 2. The Hall–Kier alpha value is -2.49. The van der Waals surface area contributed by atoms with Crippen LogP contribution in [-0.2, 0) is 13.0 Å². The molecule has 1 saturated carbocycles. The van der Waals surface area contributed by atoms with E-state index in [-0.39, 0.29) is 29.8 Å². The highest BCUT2D eigenvalue weighted by molar-refractivity contribution is 6.30. The van der Waals surface area contributed by atoms with Crippen molar-refractivity contribution in [3.8, 4) is 0 Å². The number of carbonyl (C=O) groups is 1. The number of amides is 2. The van der Waals surface area contributed by atoms with E-state index in [1.807, 2.05) is 0 Å². The van der Waals surface area contributed by atoms with Crippen LogP contribution in [0.2, 0.25) is 5.02 Å². The van der Waals surface area contributed by atoms with Gasteiger partial charge in [0.2, 0.25) is 5.95 Å². The molecule has 0 saturated heterocycles. The van der Waals surface area contributed by atoms with E-state index in [0.29, 0.717) is 43.9 Å². The zero-order valence-electron chi connectivity index (χ0n) is 16.2. The first-order valence-electron chi connectivity index (χ1n) is 9.83. The number of rotatable bonds is 5. The summed E-state index contributed by atoms with van der Waals surface area (Å²) in [5.41, 5.74) is 2.17. The largest absolute Gasteiger partial charge is 0.394 e. The van der Waals surface area contributed by atoms with Gasteiger partial charge < -0.3 is 25.7 Å². The Balaban J connectivity index is 1.41. The Labute approximate surface area is 178 Å². The molecule has 30 heavy (non-hydrogen) atoms. The second-order valence-corrected chi connectivity index (χ2v) is 8.07. The molecule has 1 atom stereocenters. The molecule has 160 valence electrons. The lowest BCUT2D eigenvalue weighted by molar-refractivity contribution is 0.0834. The van der Waals surface area contributed by atoms with Crippen LogP contribution in [-0.4, -0.2) is 56.4 Å². The van der Waals surface area contributed by atoms with Crippen LogP contribution in [0.25, 0.3) is 0 Å². The molecule has 0 bridgehead atoms. The zero-order chi connectivity index (χ0) is 21.3. The van der Waals surface area contributed by atoms with Gasteiger partial charge in [-0.15, -0.1) is 0 Å². The number of hydrogen-bond donors (Lipinski definition) is 4. The molecule has 1 aliphatic carbocycles. The molecule has 1 aromatic carbocycles. The van der Waals surface area contributed by atoms with Gasteiger partial charge in [0, 0.05) is 18.8 Å². The van der Waals surface area contributed by atoms with Gasteiger partial charge in [0.05, 0.1) is 36.0 Å². The molecule has 0 radical (unpaired) electrons. The molecule has 2 heterocycles. The van der Waals surface area contributed by atoms with E-state index in [4.69, 9.17) is 11.6 Å². The minimum absolute atomic E-state index is 0.0186. The summed E-state index contributed by atoms with van der Waals surface area (Å²) in [7, 11) is 0. The number of urea groups is 1. The molecule has 4 rings (SSSR count). The molecule has 2 aliphatic rings. The topological polar surface area (TPSA) is 111 Å². The van der Waals surface area contributed by atoms with Gasteiger partial charge >= 0.3 is 6.03 Å². The molecule has 10 heteroatoms. The molecule has 1 unspecified atom stereocenters. The van der Waals surface area contributed by atoms with E-state index in [9.17, 15) is 19.4 Å². The molecule has 1 aromatic heterocycles. The van der Waals surface area contributed by atoms with Crippen LogP contribution in [0, 0.1) is 5.82 Å². The molecular weight excluding hydrogens is 413 g/mol. The summed E-state index contributed by atoms with van der Waals surface area (Å²) in [4.78, 5) is 23.2. The molecule has 1 aliphatic heterocycles. The average Bonchev–Trinajstić information content (AvgIpc) is 2.72. The van der Waals surface area contributed by atoms with Gasteiger partial charge in [0.1, 0.15) is 5.82 Å². The third-order valence-corrected chi connectivity index (χ3v) is 5.81. The molecule has 2 aromatic rings. The van der Waals surface area contributed by atoms with Crippen molar-refractivity contribution in [3.05, 3.63) is 52.1 Å². The van der Waals surface area contributed by atoms with E-state index < -0.39 is 11.9 Å². The van der Waals surface area contributed by atoms with Gasteiger partial charge in [-0.25, -0.2) is 19.2 Å². The molecule has 2 amide bonds. The summed E-state index contributed by atoms with van der Waals surface area (Å²) in [6.07, 6.45) is 3.45. The number of anilines is 1. The van der Waals surface area contributed by atoms with Crippen LogP contribution in [0.3, 0.4) is 0 Å². The van der Waals surface area contributed by atoms with Gasteiger partial charge in [-0.05, 0) is 42.5 Å². The van der Waals surface area contributed by atoms with Crippen molar-refractivity contribution < 1.29 is 19.4 Å². The maximum absolute atomic E-state index is 13.7. The van der Waals surface area contributed by atoms with Gasteiger partial charge in [0.25, 0.3) is 0 Å². The number of fused-ring (bicyclic) bond motifs is 1.